The van der Waals surface area contributed by atoms with E-state index in [1.54, 1.807) is 4.90 Å². The van der Waals surface area contributed by atoms with E-state index in [9.17, 15) is 9.59 Å². The quantitative estimate of drug-likeness (QED) is 0.776. The van der Waals surface area contributed by atoms with Gasteiger partial charge < -0.3 is 0 Å². The summed E-state index contributed by atoms with van der Waals surface area (Å²) in [5.74, 6) is 0.0592. The number of carbonyl (C=O) groups is 2. The summed E-state index contributed by atoms with van der Waals surface area (Å²) in [6.07, 6.45) is 4.67. The minimum atomic E-state index is -0.475. The Balaban J connectivity index is 1.77. The molecule has 1 saturated heterocycles. The van der Waals surface area contributed by atoms with Gasteiger partial charge in [-0.2, -0.15) is 0 Å². The molecule has 25 heavy (non-hydrogen) atoms. The van der Waals surface area contributed by atoms with Crippen molar-refractivity contribution in [2.24, 2.45) is 5.92 Å². The minimum absolute atomic E-state index is 0.358. The first-order valence-corrected chi connectivity index (χ1v) is 9.26. The summed E-state index contributed by atoms with van der Waals surface area (Å²) < 4.78 is 0. The number of Topliss-reactive ketones (excluding diaryl/α,β-unsaturated/α-hetero) is 1. The molecule has 1 aromatic rings. The lowest BCUT2D eigenvalue weighted by Gasteiger charge is -2.40. The van der Waals surface area contributed by atoms with Gasteiger partial charge >= 0.3 is 0 Å². The highest BCUT2D eigenvalue weighted by molar-refractivity contribution is 6.53. The zero-order chi connectivity index (χ0) is 17.9. The van der Waals surface area contributed by atoms with Crippen LogP contribution in [0.25, 0.3) is 5.57 Å². The third kappa shape index (κ3) is 2.46. The van der Waals surface area contributed by atoms with Gasteiger partial charge in [-0.05, 0) is 63.8 Å². The lowest BCUT2D eigenvalue weighted by molar-refractivity contribution is -0.115. The molecule has 4 nitrogen and oxygen atoms in total. The topological polar surface area (TPSA) is 40.6 Å². The van der Waals surface area contributed by atoms with E-state index in [1.165, 1.54) is 18.4 Å². The second kappa shape index (κ2) is 5.53. The zero-order valence-electron chi connectivity index (χ0n) is 15.6. The van der Waals surface area contributed by atoms with Gasteiger partial charge in [-0.3, -0.25) is 19.4 Å². The first kappa shape index (κ1) is 16.5. The predicted molar refractivity (Wildman–Crippen MR) is 99.9 cm³/mol. The summed E-state index contributed by atoms with van der Waals surface area (Å²) in [6.45, 7) is 11.4. The van der Waals surface area contributed by atoms with Crippen LogP contribution in [0.1, 0.15) is 55.1 Å². The Morgan fingerprint density at radius 1 is 1.16 bits per heavy atom. The Morgan fingerprint density at radius 3 is 2.52 bits per heavy atom. The molecule has 1 fully saturated rings. The van der Waals surface area contributed by atoms with Crippen LogP contribution in [0.3, 0.4) is 0 Å². The number of carbonyl (C=O) groups excluding carboxylic acids is 2. The summed E-state index contributed by atoms with van der Waals surface area (Å²) >= 11 is 0. The normalized spacial score (nSPS) is 23.0. The molecule has 0 unspecified atom stereocenters. The molecule has 0 aromatic heterocycles. The first-order chi connectivity index (χ1) is 11.8. The smallest absolute Gasteiger partial charge is 0.299 e. The van der Waals surface area contributed by atoms with Crippen LogP contribution in [0, 0.1) is 12.8 Å². The fourth-order valence-electron chi connectivity index (χ4n) is 4.49. The Bertz CT molecular complexity index is 798. The average Bonchev–Trinajstić information content (AvgIpc) is 2.82. The van der Waals surface area contributed by atoms with Gasteiger partial charge in [-0.1, -0.05) is 25.1 Å². The van der Waals surface area contributed by atoms with E-state index in [2.05, 4.69) is 24.0 Å². The Kier molecular flexibility index (Phi) is 3.66. The highest BCUT2D eigenvalue weighted by Crippen LogP contribution is 2.46. The molecule has 3 heterocycles. The fourth-order valence-corrected chi connectivity index (χ4v) is 4.49. The number of ketones is 1. The second-order valence-electron chi connectivity index (χ2n) is 8.41. The van der Waals surface area contributed by atoms with Gasteiger partial charge in [0.25, 0.3) is 11.7 Å². The van der Waals surface area contributed by atoms with Gasteiger partial charge in [0.1, 0.15) is 0 Å². The molecule has 1 amide bonds. The summed E-state index contributed by atoms with van der Waals surface area (Å²) in [5, 5.41) is 0. The molecular formula is C21H26N2O2. The second-order valence-corrected chi connectivity index (χ2v) is 8.41. The number of nitrogens with zero attached hydrogens (tertiary/aromatic N) is 2. The number of likely N-dealkylation sites (tertiary alicyclic amines) is 1. The third-order valence-electron chi connectivity index (χ3n) is 5.95. The van der Waals surface area contributed by atoms with Crippen molar-refractivity contribution in [2.45, 2.75) is 46.1 Å². The largest absolute Gasteiger partial charge is 0.300 e. The van der Waals surface area contributed by atoms with Crippen LogP contribution in [0.5, 0.6) is 0 Å². The number of hydrogen-bond donors (Lipinski definition) is 0. The Morgan fingerprint density at radius 2 is 1.84 bits per heavy atom. The predicted octanol–water partition coefficient (Wildman–Crippen LogP) is 3.43. The molecule has 4 rings (SSSR count). The fraction of sp³-hybridized carbons (Fsp3) is 0.524. The molecule has 0 atom stereocenters. The molecule has 0 bridgehead atoms. The van der Waals surface area contributed by atoms with Crippen molar-refractivity contribution in [2.75, 3.05) is 24.5 Å². The zero-order valence-corrected chi connectivity index (χ0v) is 15.6. The van der Waals surface area contributed by atoms with Crippen molar-refractivity contribution in [3.05, 3.63) is 34.9 Å². The molecule has 3 aliphatic heterocycles. The minimum Gasteiger partial charge on any atom is -0.299 e. The van der Waals surface area contributed by atoms with Gasteiger partial charge in [0, 0.05) is 12.1 Å². The molecule has 4 heteroatoms. The Labute approximate surface area is 149 Å². The van der Waals surface area contributed by atoms with E-state index in [0.29, 0.717) is 5.56 Å². The van der Waals surface area contributed by atoms with Gasteiger partial charge in [0.05, 0.1) is 16.8 Å². The molecule has 0 spiro atoms. The maximum absolute atomic E-state index is 12.6. The third-order valence-corrected chi connectivity index (χ3v) is 5.95. The standard InChI is InChI=1S/C21H26N2O2/c1-13-7-9-22(10-8-13)12-15-11-21(3,4)23-18-16(15)6-5-14(2)17(18)19(24)20(23)25/h5-6,11,13H,7-10,12H2,1-4H3. The number of amides is 1. The SMILES string of the molecule is Cc1ccc2c3c1C(=O)C(=O)N3C(C)(C)C=C2CN1CCC(C)CC1. The van der Waals surface area contributed by atoms with E-state index in [-0.39, 0.29) is 5.78 Å². The number of piperidine rings is 1. The number of anilines is 1. The molecule has 0 radical (unpaired) electrons. The maximum atomic E-state index is 12.6. The lowest BCUT2D eigenvalue weighted by atomic mass is 9.86. The van der Waals surface area contributed by atoms with Crippen LogP contribution in [-0.4, -0.2) is 41.8 Å². The first-order valence-electron chi connectivity index (χ1n) is 9.26. The summed E-state index contributed by atoms with van der Waals surface area (Å²) in [7, 11) is 0. The van der Waals surface area contributed by atoms with Crippen molar-refractivity contribution in [3.63, 3.8) is 0 Å². The van der Waals surface area contributed by atoms with Crippen LogP contribution in [-0.2, 0) is 4.79 Å². The van der Waals surface area contributed by atoms with Gasteiger partial charge in [-0.15, -0.1) is 0 Å². The lowest BCUT2D eigenvalue weighted by Crippen LogP contribution is -2.48. The molecule has 1 aromatic carbocycles. The summed E-state index contributed by atoms with van der Waals surface area (Å²) in [6, 6.07) is 4.06. The monoisotopic (exact) mass is 338 g/mol. The van der Waals surface area contributed by atoms with E-state index < -0.39 is 11.4 Å². The van der Waals surface area contributed by atoms with E-state index in [0.717, 1.165) is 42.4 Å². The molecule has 132 valence electrons. The van der Waals surface area contributed by atoms with Crippen molar-refractivity contribution >= 4 is 23.0 Å². The van der Waals surface area contributed by atoms with Crippen LogP contribution in [0.15, 0.2) is 18.2 Å². The molecule has 0 aliphatic carbocycles. The van der Waals surface area contributed by atoms with Crippen molar-refractivity contribution in [1.82, 2.24) is 4.90 Å². The molecule has 0 saturated carbocycles. The summed E-state index contributed by atoms with van der Waals surface area (Å²) in [5.41, 5.74) is 4.16. The van der Waals surface area contributed by atoms with E-state index in [4.69, 9.17) is 0 Å². The van der Waals surface area contributed by atoms with E-state index in [1.807, 2.05) is 26.8 Å². The van der Waals surface area contributed by atoms with Crippen molar-refractivity contribution < 1.29 is 9.59 Å². The molecule has 3 aliphatic rings. The molecule has 0 N–H and O–H groups in total. The van der Waals surface area contributed by atoms with Crippen LogP contribution < -0.4 is 4.90 Å². The molecular weight excluding hydrogens is 312 g/mol. The highest BCUT2D eigenvalue weighted by Gasteiger charge is 2.47. The van der Waals surface area contributed by atoms with Crippen LogP contribution >= 0.6 is 0 Å². The average molecular weight is 338 g/mol. The Hall–Kier alpha value is -1.94. The van der Waals surface area contributed by atoms with Gasteiger partial charge in [-0.25, -0.2) is 0 Å². The number of aryl methyl sites for hydroxylation is 1. The van der Waals surface area contributed by atoms with Crippen LogP contribution in [0.2, 0.25) is 0 Å². The van der Waals surface area contributed by atoms with Crippen LogP contribution in [0.4, 0.5) is 5.69 Å². The summed E-state index contributed by atoms with van der Waals surface area (Å²) in [4.78, 5) is 29.4. The number of hydrogen-bond acceptors (Lipinski definition) is 3. The van der Waals surface area contributed by atoms with Gasteiger partial charge in [0.2, 0.25) is 0 Å². The highest BCUT2D eigenvalue weighted by atomic mass is 16.2. The number of rotatable bonds is 2. The van der Waals surface area contributed by atoms with Crippen molar-refractivity contribution in [3.8, 4) is 0 Å². The number of benzene rings is 1. The maximum Gasteiger partial charge on any atom is 0.300 e. The van der Waals surface area contributed by atoms with Gasteiger partial charge in [0.15, 0.2) is 0 Å². The van der Waals surface area contributed by atoms with Crippen molar-refractivity contribution in [1.29, 1.82) is 0 Å². The van der Waals surface area contributed by atoms with E-state index >= 15 is 0 Å².